The van der Waals surface area contributed by atoms with Crippen LogP contribution in [0, 0.1) is 17.6 Å². The van der Waals surface area contributed by atoms with Crippen LogP contribution < -0.4 is 10.6 Å². The van der Waals surface area contributed by atoms with Crippen LogP contribution >= 0.6 is 0 Å². The smallest absolute Gasteiger partial charge is 0.227 e. The summed E-state index contributed by atoms with van der Waals surface area (Å²) < 4.78 is 30.8. The van der Waals surface area contributed by atoms with E-state index in [-0.39, 0.29) is 40.2 Å². The zero-order valence-electron chi connectivity index (χ0n) is 23.9. The van der Waals surface area contributed by atoms with Crippen molar-refractivity contribution in [2.24, 2.45) is 5.92 Å². The molecule has 0 bridgehead atoms. The molecular weight excluding hydrogens is 566 g/mol. The molecule has 0 radical (unpaired) electrons. The summed E-state index contributed by atoms with van der Waals surface area (Å²) in [5.41, 5.74) is 4.39. The summed E-state index contributed by atoms with van der Waals surface area (Å²) in [6.07, 6.45) is 7.84. The molecule has 1 amide bonds. The highest BCUT2D eigenvalue weighted by Gasteiger charge is 2.30. The Balaban J connectivity index is 1.25. The minimum Gasteiger partial charge on any atom is -0.384 e. The van der Waals surface area contributed by atoms with Crippen LogP contribution in [0.15, 0.2) is 55.1 Å². The second-order valence-electron chi connectivity index (χ2n) is 11.1. The van der Waals surface area contributed by atoms with Crippen molar-refractivity contribution in [1.82, 2.24) is 40.0 Å². The van der Waals surface area contributed by atoms with E-state index in [1.165, 1.54) is 30.7 Å². The number of carbonyl (C=O) groups excluding carboxylic acids is 1. The first-order valence-corrected chi connectivity index (χ1v) is 14.2. The van der Waals surface area contributed by atoms with Gasteiger partial charge >= 0.3 is 0 Å². The lowest BCUT2D eigenvalue weighted by Gasteiger charge is -2.12. The summed E-state index contributed by atoms with van der Waals surface area (Å²) in [6, 6.07) is 8.16. The number of rotatable bonds is 9. The van der Waals surface area contributed by atoms with Crippen molar-refractivity contribution in [1.29, 1.82) is 0 Å². The van der Waals surface area contributed by atoms with Gasteiger partial charge in [-0.05, 0) is 62.8 Å². The average Bonchev–Trinajstić information content (AvgIpc) is 3.62. The zero-order chi connectivity index (χ0) is 30.4. The summed E-state index contributed by atoms with van der Waals surface area (Å²) >= 11 is 0. The van der Waals surface area contributed by atoms with Crippen LogP contribution in [0.5, 0.6) is 0 Å². The van der Waals surface area contributed by atoms with Gasteiger partial charge < -0.3 is 20.5 Å². The first-order valence-electron chi connectivity index (χ1n) is 14.2. The van der Waals surface area contributed by atoms with Crippen LogP contribution in [0.25, 0.3) is 56.0 Å². The Hall–Kier alpha value is -5.30. The van der Waals surface area contributed by atoms with Gasteiger partial charge in [-0.3, -0.25) is 19.9 Å². The molecule has 44 heavy (non-hydrogen) atoms. The highest BCUT2D eigenvalue weighted by molar-refractivity contribution is 5.98. The lowest BCUT2D eigenvalue weighted by atomic mass is 10.0. The van der Waals surface area contributed by atoms with Crippen molar-refractivity contribution in [3.63, 3.8) is 0 Å². The number of fused-ring (bicyclic) bond motifs is 2. The Labute approximate surface area is 250 Å². The van der Waals surface area contributed by atoms with Crippen LogP contribution in [0.1, 0.15) is 12.8 Å². The molecule has 0 atom stereocenters. The predicted octanol–water partition coefficient (Wildman–Crippen LogP) is 5.23. The molecule has 6 aromatic rings. The maximum Gasteiger partial charge on any atom is 0.227 e. The van der Waals surface area contributed by atoms with Crippen molar-refractivity contribution in [2.75, 3.05) is 37.8 Å². The molecule has 4 N–H and O–H groups in total. The van der Waals surface area contributed by atoms with Gasteiger partial charge in [0.15, 0.2) is 17.3 Å². The van der Waals surface area contributed by atoms with Gasteiger partial charge in [0.1, 0.15) is 22.7 Å². The number of hydrogen-bond donors (Lipinski definition) is 4. The molecule has 1 aliphatic carbocycles. The topological polar surface area (TPSA) is 140 Å². The standard InChI is InChI=1S/C31H28F2N10O/c1-43(2)8-7-35-20-10-17(9-19(32)12-20)22-5-6-36-29-27(22)39-30(40-29)28-24-23(41-42-28)15-37-26(25(24)33)18-11-21(14-34-13-18)38-31(44)16-3-4-16/h5-6,9-16,35H,3-4,7-8H2,1-2H3,(H,38,44)(H,41,42)(H,36,39,40). The Morgan fingerprint density at radius 3 is 2.68 bits per heavy atom. The first kappa shape index (κ1) is 27.5. The molecular formula is C31H28F2N10O. The van der Waals surface area contributed by atoms with Gasteiger partial charge in [-0.15, -0.1) is 0 Å². The maximum atomic E-state index is 16.2. The second kappa shape index (κ2) is 11.1. The molecule has 0 unspecified atom stereocenters. The molecule has 1 aliphatic rings. The molecule has 5 aromatic heterocycles. The molecule has 1 saturated carbocycles. The van der Waals surface area contributed by atoms with Crippen LogP contribution in [0.4, 0.5) is 20.2 Å². The lowest BCUT2D eigenvalue weighted by Crippen LogP contribution is -2.20. The number of likely N-dealkylation sites (N-methyl/N-ethyl adjacent to an activating group) is 1. The van der Waals surface area contributed by atoms with Gasteiger partial charge in [0.25, 0.3) is 0 Å². The Bertz CT molecular complexity index is 2030. The average molecular weight is 595 g/mol. The molecule has 0 saturated heterocycles. The number of nitrogens with one attached hydrogen (secondary N) is 4. The van der Waals surface area contributed by atoms with Gasteiger partial charge in [0.05, 0.1) is 29.0 Å². The third-order valence-electron chi connectivity index (χ3n) is 7.48. The van der Waals surface area contributed by atoms with E-state index in [0.717, 1.165) is 19.4 Å². The van der Waals surface area contributed by atoms with Gasteiger partial charge in [-0.1, -0.05) is 0 Å². The molecule has 0 aliphatic heterocycles. The quantitative estimate of drug-likeness (QED) is 0.179. The number of imidazole rings is 1. The maximum absolute atomic E-state index is 16.2. The minimum absolute atomic E-state index is 0.0184. The fourth-order valence-corrected chi connectivity index (χ4v) is 5.10. The SMILES string of the molecule is CN(C)CCNc1cc(F)cc(-c2ccnc3[nH]c(-c4n[nH]c5cnc(-c6cncc(NC(=O)C7CC7)c6)c(F)c45)nc23)c1. The number of benzene rings is 1. The van der Waals surface area contributed by atoms with Crippen LogP contribution in [0.2, 0.25) is 0 Å². The number of carbonyl (C=O) groups is 1. The van der Waals surface area contributed by atoms with E-state index >= 15 is 4.39 Å². The molecule has 7 rings (SSSR count). The Kier molecular flexibility index (Phi) is 6.93. The summed E-state index contributed by atoms with van der Waals surface area (Å²) in [5, 5.41) is 13.4. The molecule has 1 fully saturated rings. The summed E-state index contributed by atoms with van der Waals surface area (Å²) in [5.74, 6) is -0.776. The zero-order valence-corrected chi connectivity index (χ0v) is 23.9. The van der Waals surface area contributed by atoms with Crippen molar-refractivity contribution in [3.8, 4) is 33.9 Å². The highest BCUT2D eigenvalue weighted by Crippen LogP contribution is 2.35. The van der Waals surface area contributed by atoms with Crippen molar-refractivity contribution < 1.29 is 13.6 Å². The van der Waals surface area contributed by atoms with Crippen molar-refractivity contribution >= 4 is 39.3 Å². The normalized spacial score (nSPS) is 13.2. The largest absolute Gasteiger partial charge is 0.384 e. The van der Waals surface area contributed by atoms with Gasteiger partial charge in [0.2, 0.25) is 5.91 Å². The van der Waals surface area contributed by atoms with Crippen molar-refractivity contribution in [2.45, 2.75) is 12.8 Å². The third-order valence-corrected chi connectivity index (χ3v) is 7.48. The fraction of sp³-hybridized carbons (Fsp3) is 0.226. The van der Waals surface area contributed by atoms with Crippen LogP contribution in [-0.4, -0.2) is 73.1 Å². The Morgan fingerprint density at radius 2 is 1.86 bits per heavy atom. The molecule has 0 spiro atoms. The number of aromatic nitrogens is 7. The summed E-state index contributed by atoms with van der Waals surface area (Å²) in [6.45, 7) is 1.44. The fourth-order valence-electron chi connectivity index (χ4n) is 5.10. The number of nitrogens with zero attached hydrogens (tertiary/aromatic N) is 6. The van der Waals surface area contributed by atoms with Crippen molar-refractivity contribution in [3.05, 3.63) is 66.8 Å². The lowest BCUT2D eigenvalue weighted by molar-refractivity contribution is -0.117. The van der Waals surface area contributed by atoms with E-state index in [2.05, 4.69) is 40.8 Å². The molecule has 5 heterocycles. The molecule has 11 nitrogen and oxygen atoms in total. The van der Waals surface area contributed by atoms with E-state index in [9.17, 15) is 9.18 Å². The molecule has 222 valence electrons. The monoisotopic (exact) mass is 594 g/mol. The number of H-pyrrole nitrogens is 2. The van der Waals surface area contributed by atoms with Gasteiger partial charge in [-0.25, -0.2) is 18.7 Å². The van der Waals surface area contributed by atoms with Gasteiger partial charge in [0, 0.05) is 48.2 Å². The number of halogens is 2. The van der Waals surface area contributed by atoms with E-state index in [1.54, 1.807) is 18.3 Å². The predicted molar refractivity (Wildman–Crippen MR) is 164 cm³/mol. The third kappa shape index (κ3) is 5.33. The number of anilines is 2. The van der Waals surface area contributed by atoms with E-state index in [0.29, 0.717) is 51.3 Å². The van der Waals surface area contributed by atoms with E-state index < -0.39 is 5.82 Å². The number of pyridine rings is 3. The number of aromatic amines is 2. The first-order chi connectivity index (χ1) is 21.3. The van der Waals surface area contributed by atoms with E-state index in [4.69, 9.17) is 4.98 Å². The van der Waals surface area contributed by atoms with Gasteiger partial charge in [-0.2, -0.15) is 5.10 Å². The second-order valence-corrected chi connectivity index (χ2v) is 11.1. The highest BCUT2D eigenvalue weighted by atomic mass is 19.1. The summed E-state index contributed by atoms with van der Waals surface area (Å²) in [4.78, 5) is 35.1. The van der Waals surface area contributed by atoms with Crippen LogP contribution in [-0.2, 0) is 4.79 Å². The summed E-state index contributed by atoms with van der Waals surface area (Å²) in [7, 11) is 3.94. The molecule has 13 heteroatoms. The van der Waals surface area contributed by atoms with Crippen LogP contribution in [0.3, 0.4) is 0 Å². The minimum atomic E-state index is -0.620. The Morgan fingerprint density at radius 1 is 1.02 bits per heavy atom. The van der Waals surface area contributed by atoms with E-state index in [1.807, 2.05) is 25.1 Å². The number of amides is 1. The molecule has 1 aromatic carbocycles. The number of hydrogen-bond acceptors (Lipinski definition) is 8.